The van der Waals surface area contributed by atoms with Gasteiger partial charge < -0.3 is 10.0 Å². The molecule has 0 aromatic carbocycles. The van der Waals surface area contributed by atoms with E-state index < -0.39 is 17.9 Å². The average molecular weight is 345 g/mol. The van der Waals surface area contributed by atoms with Crippen molar-refractivity contribution in [2.24, 2.45) is 20.0 Å². The van der Waals surface area contributed by atoms with E-state index in [9.17, 15) is 14.7 Å². The van der Waals surface area contributed by atoms with Gasteiger partial charge in [0.25, 0.3) is 0 Å². The molecular formula is C17H23N5O3. The average Bonchev–Trinajstić information content (AvgIpc) is 3.06. The molecule has 0 aliphatic carbocycles. The fraction of sp³-hybridized carbons (Fsp3) is 0.529. The lowest BCUT2D eigenvalue weighted by molar-refractivity contribution is -0.152. The summed E-state index contributed by atoms with van der Waals surface area (Å²) in [5.74, 6) is -1.57. The van der Waals surface area contributed by atoms with Gasteiger partial charge in [0.15, 0.2) is 0 Å². The second-order valence-corrected chi connectivity index (χ2v) is 6.60. The van der Waals surface area contributed by atoms with E-state index in [0.717, 1.165) is 22.6 Å². The van der Waals surface area contributed by atoms with Crippen molar-refractivity contribution in [2.75, 3.05) is 0 Å². The molecule has 1 amide bonds. The number of aryl methyl sites for hydroxylation is 3. The third-order valence-electron chi connectivity index (χ3n) is 5.17. The fourth-order valence-corrected chi connectivity index (χ4v) is 3.65. The number of carboxylic acids is 1. The minimum Gasteiger partial charge on any atom is -0.481 e. The molecule has 1 aliphatic heterocycles. The van der Waals surface area contributed by atoms with E-state index in [1.54, 1.807) is 33.6 Å². The zero-order chi connectivity index (χ0) is 18.3. The SMILES string of the molecule is Cc1nn(C)c(C)c1CN1C(=O)CC[C@H](C(=O)O)[C@H]1c1ccnn1C. The van der Waals surface area contributed by atoms with Gasteiger partial charge in [0, 0.05) is 44.5 Å². The molecule has 25 heavy (non-hydrogen) atoms. The number of amides is 1. The molecule has 8 nitrogen and oxygen atoms in total. The van der Waals surface area contributed by atoms with Gasteiger partial charge in [-0.15, -0.1) is 0 Å². The monoisotopic (exact) mass is 345 g/mol. The predicted octanol–water partition coefficient (Wildman–Crippen LogP) is 1.33. The van der Waals surface area contributed by atoms with Gasteiger partial charge in [-0.05, 0) is 26.3 Å². The highest BCUT2D eigenvalue weighted by Gasteiger charge is 2.42. The van der Waals surface area contributed by atoms with Gasteiger partial charge >= 0.3 is 5.97 Å². The molecule has 1 aliphatic rings. The van der Waals surface area contributed by atoms with Crippen LogP contribution >= 0.6 is 0 Å². The first-order valence-corrected chi connectivity index (χ1v) is 8.30. The largest absolute Gasteiger partial charge is 0.481 e. The summed E-state index contributed by atoms with van der Waals surface area (Å²) >= 11 is 0. The number of hydrogen-bond acceptors (Lipinski definition) is 4. The van der Waals surface area contributed by atoms with E-state index in [2.05, 4.69) is 10.2 Å². The molecule has 0 radical (unpaired) electrons. The Kier molecular flexibility index (Phi) is 4.36. The minimum absolute atomic E-state index is 0.0358. The van der Waals surface area contributed by atoms with Gasteiger partial charge in [0.2, 0.25) is 5.91 Å². The van der Waals surface area contributed by atoms with Gasteiger partial charge in [-0.25, -0.2) is 0 Å². The Morgan fingerprint density at radius 2 is 2.04 bits per heavy atom. The zero-order valence-corrected chi connectivity index (χ0v) is 14.9. The van der Waals surface area contributed by atoms with Crippen LogP contribution in [0.25, 0.3) is 0 Å². The maximum Gasteiger partial charge on any atom is 0.309 e. The summed E-state index contributed by atoms with van der Waals surface area (Å²) in [6, 6.07) is 1.25. The van der Waals surface area contributed by atoms with Crippen LogP contribution in [0.15, 0.2) is 12.3 Å². The molecule has 0 spiro atoms. The summed E-state index contributed by atoms with van der Waals surface area (Å²) in [6.45, 7) is 4.21. The number of aromatic nitrogens is 4. The minimum atomic E-state index is -0.886. The van der Waals surface area contributed by atoms with Gasteiger partial charge in [-0.2, -0.15) is 10.2 Å². The highest BCUT2D eigenvalue weighted by molar-refractivity contribution is 5.81. The quantitative estimate of drug-likeness (QED) is 0.902. The smallest absolute Gasteiger partial charge is 0.309 e. The normalized spacial score (nSPS) is 21.0. The first kappa shape index (κ1) is 17.2. The lowest BCUT2D eigenvalue weighted by Gasteiger charge is -2.39. The van der Waals surface area contributed by atoms with Crippen LogP contribution < -0.4 is 0 Å². The van der Waals surface area contributed by atoms with Crippen LogP contribution in [0.3, 0.4) is 0 Å². The van der Waals surface area contributed by atoms with Crippen molar-refractivity contribution in [3.05, 3.63) is 34.9 Å². The Morgan fingerprint density at radius 1 is 1.32 bits per heavy atom. The molecule has 0 bridgehead atoms. The van der Waals surface area contributed by atoms with E-state index in [1.807, 2.05) is 20.9 Å². The third-order valence-corrected chi connectivity index (χ3v) is 5.17. The van der Waals surface area contributed by atoms with Crippen molar-refractivity contribution in [3.63, 3.8) is 0 Å². The Bertz CT molecular complexity index is 822. The first-order chi connectivity index (χ1) is 11.8. The summed E-state index contributed by atoms with van der Waals surface area (Å²) in [5, 5.41) is 18.3. The van der Waals surface area contributed by atoms with Crippen LogP contribution in [0.4, 0.5) is 0 Å². The van der Waals surface area contributed by atoms with Crippen LogP contribution in [0.2, 0.25) is 0 Å². The molecule has 1 fully saturated rings. The summed E-state index contributed by atoms with van der Waals surface area (Å²) in [5.41, 5.74) is 3.54. The lowest BCUT2D eigenvalue weighted by atomic mass is 9.86. The molecule has 2 aromatic rings. The highest BCUT2D eigenvalue weighted by Crippen LogP contribution is 2.38. The number of piperidine rings is 1. The molecule has 1 N–H and O–H groups in total. The summed E-state index contributed by atoms with van der Waals surface area (Å²) in [7, 11) is 3.63. The molecule has 2 aromatic heterocycles. The standard InChI is InChI=1S/C17H23N5O3/c1-10-13(11(2)20(3)19-10)9-22-15(23)6-5-12(17(24)25)16(22)14-7-8-18-21(14)4/h7-8,12,16H,5-6,9H2,1-4H3,(H,24,25)/t12-,16-/m0/s1. The molecule has 3 rings (SSSR count). The second kappa shape index (κ2) is 6.34. The number of carboxylic acid groups (broad SMARTS) is 1. The number of rotatable bonds is 4. The Hall–Kier alpha value is -2.64. The number of likely N-dealkylation sites (tertiary alicyclic amines) is 1. The van der Waals surface area contributed by atoms with Gasteiger partial charge in [-0.1, -0.05) is 0 Å². The highest BCUT2D eigenvalue weighted by atomic mass is 16.4. The number of carbonyl (C=O) groups excluding carboxylic acids is 1. The van der Waals surface area contributed by atoms with E-state index in [-0.39, 0.29) is 12.3 Å². The van der Waals surface area contributed by atoms with Gasteiger partial charge in [0.05, 0.1) is 23.3 Å². The molecule has 134 valence electrons. The van der Waals surface area contributed by atoms with Crippen molar-refractivity contribution in [1.82, 2.24) is 24.5 Å². The van der Waals surface area contributed by atoms with Crippen LogP contribution in [-0.4, -0.2) is 41.4 Å². The number of hydrogen-bond donors (Lipinski definition) is 1. The van der Waals surface area contributed by atoms with E-state index in [0.29, 0.717) is 13.0 Å². The van der Waals surface area contributed by atoms with E-state index >= 15 is 0 Å². The number of carbonyl (C=O) groups is 2. The number of nitrogens with zero attached hydrogens (tertiary/aromatic N) is 5. The van der Waals surface area contributed by atoms with Gasteiger partial charge in [0.1, 0.15) is 0 Å². The lowest BCUT2D eigenvalue weighted by Crippen LogP contribution is -2.45. The molecule has 0 saturated carbocycles. The van der Waals surface area contributed by atoms with Crippen molar-refractivity contribution < 1.29 is 14.7 Å². The van der Waals surface area contributed by atoms with E-state index in [1.165, 1.54) is 0 Å². The summed E-state index contributed by atoms with van der Waals surface area (Å²) in [6.07, 6.45) is 2.21. The Labute approximate surface area is 146 Å². The summed E-state index contributed by atoms with van der Waals surface area (Å²) < 4.78 is 3.43. The maximum absolute atomic E-state index is 12.7. The number of aliphatic carboxylic acids is 1. The van der Waals surface area contributed by atoms with Gasteiger partial charge in [-0.3, -0.25) is 19.0 Å². The maximum atomic E-state index is 12.7. The molecule has 3 heterocycles. The topological polar surface area (TPSA) is 93.2 Å². The van der Waals surface area contributed by atoms with Crippen molar-refractivity contribution in [2.45, 2.75) is 39.3 Å². The second-order valence-electron chi connectivity index (χ2n) is 6.60. The van der Waals surface area contributed by atoms with Crippen molar-refractivity contribution in [1.29, 1.82) is 0 Å². The third kappa shape index (κ3) is 2.92. The molecule has 0 unspecified atom stereocenters. The molecule has 8 heteroatoms. The Balaban J connectivity index is 2.05. The summed E-state index contributed by atoms with van der Waals surface area (Å²) in [4.78, 5) is 26.2. The van der Waals surface area contributed by atoms with Crippen LogP contribution in [0.1, 0.15) is 41.5 Å². The molecule has 1 saturated heterocycles. The molecule has 2 atom stereocenters. The zero-order valence-electron chi connectivity index (χ0n) is 14.9. The van der Waals surface area contributed by atoms with Crippen LogP contribution in [0, 0.1) is 19.8 Å². The fourth-order valence-electron chi connectivity index (χ4n) is 3.65. The Morgan fingerprint density at radius 3 is 2.56 bits per heavy atom. The van der Waals surface area contributed by atoms with Crippen LogP contribution in [0.5, 0.6) is 0 Å². The first-order valence-electron chi connectivity index (χ1n) is 8.30. The van der Waals surface area contributed by atoms with Crippen molar-refractivity contribution in [3.8, 4) is 0 Å². The van der Waals surface area contributed by atoms with Crippen LogP contribution in [-0.2, 0) is 30.2 Å². The predicted molar refractivity (Wildman–Crippen MR) is 89.5 cm³/mol. The van der Waals surface area contributed by atoms with E-state index in [4.69, 9.17) is 0 Å². The molecular weight excluding hydrogens is 322 g/mol. The van der Waals surface area contributed by atoms with Crippen molar-refractivity contribution >= 4 is 11.9 Å².